The van der Waals surface area contributed by atoms with Gasteiger partial charge in [0.2, 0.25) is 5.88 Å². The predicted molar refractivity (Wildman–Crippen MR) is 169 cm³/mol. The molecule has 0 bridgehead atoms. The molecule has 1 atom stereocenters. The molecule has 0 unspecified atom stereocenters. The van der Waals surface area contributed by atoms with Gasteiger partial charge in [-0.05, 0) is 57.8 Å². The number of fused-ring (bicyclic) bond motifs is 2. The third-order valence-electron chi connectivity index (χ3n) is 7.97. The van der Waals surface area contributed by atoms with Gasteiger partial charge in [0.1, 0.15) is 18.2 Å². The summed E-state index contributed by atoms with van der Waals surface area (Å²) in [5.74, 6) is -0.155. The van der Waals surface area contributed by atoms with E-state index in [0.29, 0.717) is 48.6 Å². The molecule has 8 nitrogen and oxygen atoms in total. The quantitative estimate of drug-likeness (QED) is 0.209. The van der Waals surface area contributed by atoms with Crippen LogP contribution in [0.4, 0.5) is 10.2 Å². The van der Waals surface area contributed by atoms with E-state index in [1.54, 1.807) is 0 Å². The molecule has 1 N–H and O–H groups in total. The molecular weight excluding hydrogens is 569 g/mol. The molecule has 10 heteroatoms. The number of benzene rings is 2. The molecule has 5 rings (SSSR count). The number of carbonyl (C=O) groups is 1. The monoisotopic (exact) mass is 605 g/mol. The number of likely N-dealkylation sites (tertiary alicyclic amines) is 1. The molecule has 1 amide bonds. The second kappa shape index (κ2) is 13.6. The number of allylic oxidation sites excluding steroid dienone is 2. The molecule has 3 heterocycles. The average molecular weight is 606 g/mol. The molecule has 226 valence electrons. The molecule has 1 fully saturated rings. The van der Waals surface area contributed by atoms with E-state index in [0.717, 1.165) is 46.9 Å². The van der Waals surface area contributed by atoms with Gasteiger partial charge in [0, 0.05) is 48.1 Å². The third-order valence-corrected chi connectivity index (χ3v) is 8.28. The molecule has 3 aromatic rings. The second-order valence-electron chi connectivity index (χ2n) is 10.9. The van der Waals surface area contributed by atoms with Crippen LogP contribution in [0.5, 0.6) is 11.9 Å². The molecule has 1 aromatic heterocycles. The summed E-state index contributed by atoms with van der Waals surface area (Å²) in [6.45, 7) is 9.66. The fourth-order valence-corrected chi connectivity index (χ4v) is 5.72. The molecule has 2 aliphatic heterocycles. The van der Waals surface area contributed by atoms with Crippen LogP contribution in [0.15, 0.2) is 66.5 Å². The van der Waals surface area contributed by atoms with E-state index in [9.17, 15) is 9.18 Å². The highest BCUT2D eigenvalue weighted by molar-refractivity contribution is 6.36. The van der Waals surface area contributed by atoms with Gasteiger partial charge in [-0.3, -0.25) is 4.79 Å². The maximum atomic E-state index is 13.3. The molecule has 2 aliphatic rings. The van der Waals surface area contributed by atoms with Crippen LogP contribution >= 0.6 is 11.6 Å². The zero-order chi connectivity index (χ0) is 30.5. The standard InChI is InChI=1S/C33H37ClFN5O3/c1-5-21(2)19-40(18-16-36-31(41)22(3)35)30-26-14-15-28(25-12-6-9-23-10-7-13-27(34)29(23)25)43-32(26)38-33(37-30)42-20-24-11-8-17-39(24)4/h5-7,9-10,12-13,15,24H,3,8,11,14,16-20H2,1-2,4H3,(H,36,41)/b21-5-/t24-/m0/s1. The first-order valence-corrected chi connectivity index (χ1v) is 14.9. The lowest BCUT2D eigenvalue weighted by Gasteiger charge is -2.29. The molecule has 2 aromatic carbocycles. The summed E-state index contributed by atoms with van der Waals surface area (Å²) in [7, 11) is 2.09. The summed E-state index contributed by atoms with van der Waals surface area (Å²) in [5.41, 5.74) is 2.77. The number of hydrogen-bond donors (Lipinski definition) is 1. The fourth-order valence-electron chi connectivity index (χ4n) is 5.44. The van der Waals surface area contributed by atoms with E-state index in [1.165, 1.54) is 0 Å². The highest BCUT2D eigenvalue weighted by Crippen LogP contribution is 2.39. The van der Waals surface area contributed by atoms with Crippen molar-refractivity contribution >= 4 is 39.9 Å². The van der Waals surface area contributed by atoms with Crippen molar-refractivity contribution in [3.05, 3.63) is 82.7 Å². The van der Waals surface area contributed by atoms with Crippen molar-refractivity contribution in [1.29, 1.82) is 0 Å². The second-order valence-corrected chi connectivity index (χ2v) is 11.3. The van der Waals surface area contributed by atoms with Crippen LogP contribution in [0, 0.1) is 0 Å². The minimum absolute atomic E-state index is 0.192. The normalized spacial score (nSPS) is 16.8. The van der Waals surface area contributed by atoms with Crippen molar-refractivity contribution in [2.45, 2.75) is 39.2 Å². The topological polar surface area (TPSA) is 79.8 Å². The van der Waals surface area contributed by atoms with E-state index in [1.807, 2.05) is 67.3 Å². The highest BCUT2D eigenvalue weighted by atomic mass is 35.5. The molecule has 0 radical (unpaired) electrons. The Bertz CT molecular complexity index is 1580. The molecular formula is C33H37ClFN5O3. The average Bonchev–Trinajstić information content (AvgIpc) is 3.42. The van der Waals surface area contributed by atoms with Crippen LogP contribution < -0.4 is 19.7 Å². The third kappa shape index (κ3) is 7.00. The fraction of sp³-hybridized carbons (Fsp3) is 0.364. The van der Waals surface area contributed by atoms with Gasteiger partial charge in [0.05, 0.1) is 5.56 Å². The lowest BCUT2D eigenvalue weighted by Crippen LogP contribution is -2.37. The number of anilines is 1. The van der Waals surface area contributed by atoms with Crippen molar-refractivity contribution < 1.29 is 18.7 Å². The van der Waals surface area contributed by atoms with E-state index < -0.39 is 11.7 Å². The molecule has 0 aliphatic carbocycles. The van der Waals surface area contributed by atoms with E-state index in [-0.39, 0.29) is 18.6 Å². The lowest BCUT2D eigenvalue weighted by atomic mass is 10.0. The van der Waals surface area contributed by atoms with Gasteiger partial charge in [-0.1, -0.05) is 60.2 Å². The Hall–Kier alpha value is -3.95. The zero-order valence-electron chi connectivity index (χ0n) is 24.8. The Balaban J connectivity index is 1.51. The van der Waals surface area contributed by atoms with Gasteiger partial charge in [0.25, 0.3) is 5.91 Å². The largest absolute Gasteiger partial charge is 0.462 e. The summed E-state index contributed by atoms with van der Waals surface area (Å²) in [6.07, 6.45) is 6.71. The Morgan fingerprint density at radius 1 is 1.30 bits per heavy atom. The first-order valence-electron chi connectivity index (χ1n) is 14.5. The lowest BCUT2D eigenvalue weighted by molar-refractivity contribution is -0.118. The van der Waals surface area contributed by atoms with Gasteiger partial charge >= 0.3 is 6.01 Å². The Labute approximate surface area is 256 Å². The number of nitrogens with one attached hydrogen (secondary N) is 1. The number of ether oxygens (including phenoxy) is 2. The smallest absolute Gasteiger partial charge is 0.321 e. The summed E-state index contributed by atoms with van der Waals surface area (Å²) >= 11 is 6.64. The number of amides is 1. The van der Waals surface area contributed by atoms with Gasteiger partial charge in [-0.25, -0.2) is 4.39 Å². The molecule has 0 saturated carbocycles. The first-order chi connectivity index (χ1) is 20.7. The van der Waals surface area contributed by atoms with E-state index in [4.69, 9.17) is 31.0 Å². The van der Waals surface area contributed by atoms with Crippen LogP contribution in [-0.4, -0.2) is 66.7 Å². The number of hydrogen-bond acceptors (Lipinski definition) is 7. The predicted octanol–water partition coefficient (Wildman–Crippen LogP) is 6.10. The molecule has 0 spiro atoms. The van der Waals surface area contributed by atoms with Crippen molar-refractivity contribution in [3.63, 3.8) is 0 Å². The van der Waals surface area contributed by atoms with E-state index >= 15 is 0 Å². The van der Waals surface area contributed by atoms with Crippen LogP contribution in [0.1, 0.15) is 37.8 Å². The van der Waals surface area contributed by atoms with Gasteiger partial charge in [-0.15, -0.1) is 0 Å². The number of likely N-dealkylation sites (N-methyl/N-ethyl adjacent to an activating group) is 1. The van der Waals surface area contributed by atoms with Crippen LogP contribution in [0.2, 0.25) is 5.02 Å². The van der Waals surface area contributed by atoms with Gasteiger partial charge in [0.15, 0.2) is 5.83 Å². The Morgan fingerprint density at radius 3 is 2.81 bits per heavy atom. The minimum Gasteiger partial charge on any atom is -0.462 e. The zero-order valence-corrected chi connectivity index (χ0v) is 25.6. The number of halogens is 2. The molecule has 43 heavy (non-hydrogen) atoms. The van der Waals surface area contributed by atoms with Crippen LogP contribution in [0.3, 0.4) is 0 Å². The summed E-state index contributed by atoms with van der Waals surface area (Å²) in [4.78, 5) is 25.8. The van der Waals surface area contributed by atoms with E-state index in [2.05, 4.69) is 23.8 Å². The van der Waals surface area contributed by atoms with Crippen molar-refractivity contribution in [2.75, 3.05) is 44.7 Å². The summed E-state index contributed by atoms with van der Waals surface area (Å²) < 4.78 is 26.0. The van der Waals surface area contributed by atoms with Crippen molar-refractivity contribution in [2.24, 2.45) is 0 Å². The SMILES string of the molecule is C=C(F)C(=O)NCCN(C/C(C)=C\C)c1nc(OC[C@@H]2CCCN2C)nc2c1CC=C(c1cccc3cccc(Cl)c13)O2. The van der Waals surface area contributed by atoms with Crippen LogP contribution in [-0.2, 0) is 11.2 Å². The number of carbonyl (C=O) groups excluding carboxylic acids is 1. The highest BCUT2D eigenvalue weighted by Gasteiger charge is 2.28. The minimum atomic E-state index is -1.03. The number of aromatic nitrogens is 2. The number of nitrogens with zero attached hydrogens (tertiary/aromatic N) is 4. The van der Waals surface area contributed by atoms with Gasteiger partial charge in [-0.2, -0.15) is 9.97 Å². The first kappa shape index (κ1) is 30.5. The summed E-state index contributed by atoms with van der Waals surface area (Å²) in [6, 6.07) is 12.3. The van der Waals surface area contributed by atoms with Crippen molar-refractivity contribution in [1.82, 2.24) is 20.2 Å². The van der Waals surface area contributed by atoms with Crippen molar-refractivity contribution in [3.8, 4) is 11.9 Å². The maximum Gasteiger partial charge on any atom is 0.321 e. The van der Waals surface area contributed by atoms with Crippen LogP contribution in [0.25, 0.3) is 16.5 Å². The summed E-state index contributed by atoms with van der Waals surface area (Å²) in [5, 5.41) is 5.14. The molecule has 1 saturated heterocycles. The van der Waals surface area contributed by atoms with Gasteiger partial charge < -0.3 is 24.6 Å². The number of rotatable bonds is 11. The maximum absolute atomic E-state index is 13.3. The Kier molecular flexibility index (Phi) is 9.62. The Morgan fingerprint density at radius 2 is 2.09 bits per heavy atom.